The highest BCUT2D eigenvalue weighted by molar-refractivity contribution is 6.31. The Hall–Kier alpha value is -1.35. The van der Waals surface area contributed by atoms with Crippen LogP contribution in [0.2, 0.25) is 5.02 Å². The highest BCUT2D eigenvalue weighted by Gasteiger charge is 2.28. The maximum Gasteiger partial charge on any atom is 0.0450 e. The molecule has 2 nitrogen and oxygen atoms in total. The molecule has 1 N–H and O–H groups in total. The van der Waals surface area contributed by atoms with Gasteiger partial charge in [0.25, 0.3) is 0 Å². The van der Waals surface area contributed by atoms with Crippen molar-refractivity contribution in [3.05, 3.63) is 70.7 Å². The first kappa shape index (κ1) is 15.5. The average molecular weight is 315 g/mol. The van der Waals surface area contributed by atoms with Crippen LogP contribution in [0.4, 0.5) is 0 Å². The Balaban J connectivity index is 1.72. The molecule has 0 aromatic heterocycles. The number of likely N-dealkylation sites (N-methyl/N-ethyl adjacent to an activating group) is 1. The van der Waals surface area contributed by atoms with Gasteiger partial charge >= 0.3 is 0 Å². The fourth-order valence-corrected chi connectivity index (χ4v) is 3.48. The molecule has 3 heteroatoms. The molecule has 0 radical (unpaired) electrons. The third-order valence-corrected chi connectivity index (χ3v) is 4.92. The van der Waals surface area contributed by atoms with Crippen LogP contribution in [-0.2, 0) is 6.54 Å². The number of hydrogen-bond acceptors (Lipinski definition) is 2. The predicted molar refractivity (Wildman–Crippen MR) is 93.4 cm³/mol. The Labute approximate surface area is 138 Å². The van der Waals surface area contributed by atoms with Crippen LogP contribution in [0.5, 0.6) is 0 Å². The van der Waals surface area contributed by atoms with E-state index in [0.717, 1.165) is 24.7 Å². The molecule has 22 heavy (non-hydrogen) atoms. The van der Waals surface area contributed by atoms with Gasteiger partial charge in [-0.3, -0.25) is 0 Å². The fourth-order valence-electron chi connectivity index (χ4n) is 3.28. The van der Waals surface area contributed by atoms with Crippen LogP contribution < -0.4 is 5.32 Å². The van der Waals surface area contributed by atoms with Gasteiger partial charge in [-0.1, -0.05) is 60.1 Å². The van der Waals surface area contributed by atoms with Crippen molar-refractivity contribution in [1.29, 1.82) is 0 Å². The van der Waals surface area contributed by atoms with Crippen molar-refractivity contribution in [2.45, 2.75) is 24.9 Å². The zero-order valence-corrected chi connectivity index (χ0v) is 13.8. The van der Waals surface area contributed by atoms with Crippen molar-refractivity contribution >= 4 is 11.6 Å². The second-order valence-electron chi connectivity index (χ2n) is 6.15. The SMILES string of the molecule is CN1CC[C@H](NCc2ccccc2Cl)[C@H](c2ccccc2)C1. The van der Waals surface area contributed by atoms with Gasteiger partial charge in [0.1, 0.15) is 0 Å². The lowest BCUT2D eigenvalue weighted by molar-refractivity contribution is 0.205. The summed E-state index contributed by atoms with van der Waals surface area (Å²) in [6, 6.07) is 19.4. The Morgan fingerprint density at radius 3 is 2.59 bits per heavy atom. The van der Waals surface area contributed by atoms with Crippen molar-refractivity contribution in [1.82, 2.24) is 10.2 Å². The smallest absolute Gasteiger partial charge is 0.0450 e. The third kappa shape index (κ3) is 3.70. The molecule has 2 aromatic rings. The topological polar surface area (TPSA) is 15.3 Å². The molecule has 1 heterocycles. The Morgan fingerprint density at radius 1 is 1.09 bits per heavy atom. The molecule has 1 aliphatic heterocycles. The summed E-state index contributed by atoms with van der Waals surface area (Å²) in [6.45, 7) is 3.07. The van der Waals surface area contributed by atoms with Crippen LogP contribution in [-0.4, -0.2) is 31.1 Å². The molecule has 0 saturated carbocycles. The molecule has 0 unspecified atom stereocenters. The molecule has 2 aromatic carbocycles. The van der Waals surface area contributed by atoms with E-state index in [4.69, 9.17) is 11.6 Å². The molecule has 1 saturated heterocycles. The predicted octanol–water partition coefficient (Wildman–Crippen LogP) is 3.92. The summed E-state index contributed by atoms with van der Waals surface area (Å²) in [5.74, 6) is 0.530. The number of rotatable bonds is 4. The molecular weight excluding hydrogens is 292 g/mol. The molecule has 2 atom stereocenters. The number of hydrogen-bond donors (Lipinski definition) is 1. The first-order valence-electron chi connectivity index (χ1n) is 7.94. The van der Waals surface area contributed by atoms with E-state index in [9.17, 15) is 0 Å². The van der Waals surface area contributed by atoms with Crippen molar-refractivity contribution < 1.29 is 0 Å². The number of piperidine rings is 1. The van der Waals surface area contributed by atoms with Gasteiger partial charge in [-0.25, -0.2) is 0 Å². The third-order valence-electron chi connectivity index (χ3n) is 4.56. The van der Waals surface area contributed by atoms with E-state index in [-0.39, 0.29) is 0 Å². The van der Waals surface area contributed by atoms with Gasteiger partial charge in [0.15, 0.2) is 0 Å². The Bertz CT molecular complexity index is 599. The van der Waals surface area contributed by atoms with Crippen LogP contribution in [0.3, 0.4) is 0 Å². The minimum Gasteiger partial charge on any atom is -0.309 e. The first-order chi connectivity index (χ1) is 10.7. The maximum atomic E-state index is 6.27. The van der Waals surface area contributed by atoms with Crippen molar-refractivity contribution in [2.75, 3.05) is 20.1 Å². The van der Waals surface area contributed by atoms with E-state index in [0.29, 0.717) is 12.0 Å². The number of nitrogens with zero attached hydrogens (tertiary/aromatic N) is 1. The largest absolute Gasteiger partial charge is 0.309 e. The molecule has 0 bridgehead atoms. The molecule has 1 fully saturated rings. The Kier molecular flexibility index (Phi) is 5.14. The molecule has 0 aliphatic carbocycles. The highest BCUT2D eigenvalue weighted by atomic mass is 35.5. The van der Waals surface area contributed by atoms with Crippen LogP contribution in [0.1, 0.15) is 23.5 Å². The Morgan fingerprint density at radius 2 is 1.82 bits per heavy atom. The van der Waals surface area contributed by atoms with Crippen molar-refractivity contribution in [3.8, 4) is 0 Å². The quantitative estimate of drug-likeness (QED) is 0.920. The number of nitrogens with one attached hydrogen (secondary N) is 1. The lowest BCUT2D eigenvalue weighted by atomic mass is 9.86. The second-order valence-corrected chi connectivity index (χ2v) is 6.55. The zero-order valence-electron chi connectivity index (χ0n) is 13.0. The summed E-state index contributed by atoms with van der Waals surface area (Å²) in [5.41, 5.74) is 2.60. The normalized spacial score (nSPS) is 22.6. The highest BCUT2D eigenvalue weighted by Crippen LogP contribution is 2.27. The van der Waals surface area contributed by atoms with Crippen LogP contribution in [0.15, 0.2) is 54.6 Å². The summed E-state index contributed by atoms with van der Waals surface area (Å²) in [5, 5.41) is 4.58. The van der Waals surface area contributed by atoms with Crippen LogP contribution >= 0.6 is 11.6 Å². The molecule has 0 spiro atoms. The van der Waals surface area contributed by atoms with E-state index in [1.165, 1.54) is 17.5 Å². The average Bonchev–Trinajstić information content (AvgIpc) is 2.56. The molecule has 3 rings (SSSR count). The van der Waals surface area contributed by atoms with E-state index < -0.39 is 0 Å². The van der Waals surface area contributed by atoms with Crippen molar-refractivity contribution in [3.63, 3.8) is 0 Å². The van der Waals surface area contributed by atoms with Gasteiger partial charge in [-0.15, -0.1) is 0 Å². The summed E-state index contributed by atoms with van der Waals surface area (Å²) in [6.07, 6.45) is 1.17. The van der Waals surface area contributed by atoms with Crippen LogP contribution in [0, 0.1) is 0 Å². The standard InChI is InChI=1S/C19H23ClN2/c1-22-12-11-19(17(14-22)15-7-3-2-4-8-15)21-13-16-9-5-6-10-18(16)20/h2-10,17,19,21H,11-14H2,1H3/t17-,19-/m0/s1. The summed E-state index contributed by atoms with van der Waals surface area (Å²) >= 11 is 6.27. The van der Waals surface area contributed by atoms with Gasteiger partial charge in [0.2, 0.25) is 0 Å². The summed E-state index contributed by atoms with van der Waals surface area (Å²) in [4.78, 5) is 2.42. The molecular formula is C19H23ClN2. The minimum atomic E-state index is 0.495. The number of halogens is 1. The number of likely N-dealkylation sites (tertiary alicyclic amines) is 1. The molecule has 1 aliphatic rings. The summed E-state index contributed by atoms with van der Waals surface area (Å²) in [7, 11) is 2.21. The zero-order chi connectivity index (χ0) is 15.4. The first-order valence-corrected chi connectivity index (χ1v) is 8.32. The van der Waals surface area contributed by atoms with Gasteiger partial charge in [-0.2, -0.15) is 0 Å². The van der Waals surface area contributed by atoms with Gasteiger partial charge in [-0.05, 0) is 37.2 Å². The van der Waals surface area contributed by atoms with Crippen molar-refractivity contribution in [2.24, 2.45) is 0 Å². The van der Waals surface area contributed by atoms with Gasteiger partial charge in [0, 0.05) is 30.1 Å². The molecule has 116 valence electrons. The molecule has 0 amide bonds. The fraction of sp³-hybridized carbons (Fsp3) is 0.368. The minimum absolute atomic E-state index is 0.495. The maximum absolute atomic E-state index is 6.27. The monoisotopic (exact) mass is 314 g/mol. The van der Waals surface area contributed by atoms with E-state index >= 15 is 0 Å². The number of benzene rings is 2. The lowest BCUT2D eigenvalue weighted by Crippen LogP contribution is -2.46. The second kappa shape index (κ2) is 7.28. The van der Waals surface area contributed by atoms with Crippen LogP contribution in [0.25, 0.3) is 0 Å². The van der Waals surface area contributed by atoms with Gasteiger partial charge in [0.05, 0.1) is 0 Å². The van der Waals surface area contributed by atoms with E-state index in [1.54, 1.807) is 0 Å². The van der Waals surface area contributed by atoms with E-state index in [2.05, 4.69) is 53.7 Å². The lowest BCUT2D eigenvalue weighted by Gasteiger charge is -2.37. The van der Waals surface area contributed by atoms with Gasteiger partial charge < -0.3 is 10.2 Å². The van der Waals surface area contributed by atoms with E-state index in [1.807, 2.05) is 18.2 Å². The summed E-state index contributed by atoms with van der Waals surface area (Å²) < 4.78 is 0.